The molecule has 2 atom stereocenters. The lowest BCUT2D eigenvalue weighted by Gasteiger charge is -2.21. The second-order valence-electron chi connectivity index (χ2n) is 7.32. The summed E-state index contributed by atoms with van der Waals surface area (Å²) in [7, 11) is 4.70. The largest absolute Gasteiger partial charge is 0.497 e. The van der Waals surface area contributed by atoms with Gasteiger partial charge in [-0.3, -0.25) is 9.59 Å². The van der Waals surface area contributed by atoms with Crippen LogP contribution in [0.2, 0.25) is 0 Å². The number of nitrogens with zero attached hydrogens (tertiary/aromatic N) is 1. The third kappa shape index (κ3) is 5.14. The van der Waals surface area contributed by atoms with E-state index in [-0.39, 0.29) is 24.3 Å². The van der Waals surface area contributed by atoms with Gasteiger partial charge in [-0.2, -0.15) is 0 Å². The van der Waals surface area contributed by atoms with E-state index in [2.05, 4.69) is 5.32 Å². The van der Waals surface area contributed by atoms with E-state index in [1.165, 1.54) is 24.3 Å². The SMILES string of the molecule is COCCNC(=O)[C@H]1CN(C(=O)c2ccc(F)cc2)C[C@@H]1c1cc(OC)ccc1OC. The van der Waals surface area contributed by atoms with Crippen molar-refractivity contribution < 1.29 is 28.2 Å². The second kappa shape index (κ2) is 10.3. The maximum absolute atomic E-state index is 13.3. The number of carbonyl (C=O) groups excluding carboxylic acids is 2. The Morgan fingerprint density at radius 1 is 1.06 bits per heavy atom. The molecular weight excluding hydrogens is 403 g/mol. The molecule has 0 spiro atoms. The summed E-state index contributed by atoms with van der Waals surface area (Å²) in [4.78, 5) is 27.6. The zero-order valence-corrected chi connectivity index (χ0v) is 17.9. The Hall–Kier alpha value is -3.13. The van der Waals surface area contributed by atoms with E-state index in [0.29, 0.717) is 36.8 Å². The molecule has 1 aliphatic rings. The highest BCUT2D eigenvalue weighted by Gasteiger charge is 2.41. The van der Waals surface area contributed by atoms with Crippen molar-refractivity contribution in [1.29, 1.82) is 0 Å². The van der Waals surface area contributed by atoms with Crippen molar-refractivity contribution in [2.75, 3.05) is 47.6 Å². The molecule has 0 radical (unpaired) electrons. The maximum atomic E-state index is 13.3. The molecule has 8 heteroatoms. The Kier molecular flexibility index (Phi) is 7.46. The highest BCUT2D eigenvalue weighted by molar-refractivity contribution is 5.95. The topological polar surface area (TPSA) is 77.1 Å². The fraction of sp³-hybridized carbons (Fsp3) is 0.391. The van der Waals surface area contributed by atoms with Crippen molar-refractivity contribution in [3.05, 3.63) is 59.4 Å². The van der Waals surface area contributed by atoms with Crippen LogP contribution in [-0.4, -0.2) is 64.3 Å². The van der Waals surface area contributed by atoms with Crippen molar-refractivity contribution in [3.8, 4) is 11.5 Å². The molecule has 2 aromatic rings. The van der Waals surface area contributed by atoms with Crippen LogP contribution in [0.25, 0.3) is 0 Å². The highest BCUT2D eigenvalue weighted by Crippen LogP contribution is 2.40. The average Bonchev–Trinajstić information content (AvgIpc) is 3.24. The standard InChI is InChI=1S/C23H27FN2O5/c1-29-11-10-25-22(27)20-14-26(23(28)15-4-6-16(24)7-5-15)13-19(20)18-12-17(30-2)8-9-21(18)31-3/h4-9,12,19-20H,10-11,13-14H2,1-3H3,(H,25,27)/t19-,20+/m1/s1. The normalized spacial score (nSPS) is 18.0. The van der Waals surface area contributed by atoms with Gasteiger partial charge in [-0.1, -0.05) is 0 Å². The van der Waals surface area contributed by atoms with Crippen LogP contribution in [0.3, 0.4) is 0 Å². The molecule has 0 aliphatic carbocycles. The predicted molar refractivity (Wildman–Crippen MR) is 113 cm³/mol. The highest BCUT2D eigenvalue weighted by atomic mass is 19.1. The van der Waals surface area contributed by atoms with Gasteiger partial charge in [0.25, 0.3) is 5.91 Å². The lowest BCUT2D eigenvalue weighted by atomic mass is 9.87. The molecule has 3 rings (SSSR count). The number of likely N-dealkylation sites (tertiary alicyclic amines) is 1. The summed E-state index contributed by atoms with van der Waals surface area (Å²) in [6.07, 6.45) is 0. The minimum Gasteiger partial charge on any atom is -0.497 e. The first-order chi connectivity index (χ1) is 15.0. The molecule has 1 heterocycles. The molecule has 31 heavy (non-hydrogen) atoms. The van der Waals surface area contributed by atoms with Crippen molar-refractivity contribution in [2.24, 2.45) is 5.92 Å². The zero-order valence-electron chi connectivity index (χ0n) is 17.9. The van der Waals surface area contributed by atoms with Crippen LogP contribution in [-0.2, 0) is 9.53 Å². The Morgan fingerprint density at radius 2 is 1.81 bits per heavy atom. The number of hydrogen-bond donors (Lipinski definition) is 1. The molecule has 0 aromatic heterocycles. The lowest BCUT2D eigenvalue weighted by Crippen LogP contribution is -2.37. The first-order valence-corrected chi connectivity index (χ1v) is 10.0. The number of benzene rings is 2. The smallest absolute Gasteiger partial charge is 0.253 e. The summed E-state index contributed by atoms with van der Waals surface area (Å²) < 4.78 is 29.2. The van der Waals surface area contributed by atoms with Crippen LogP contribution < -0.4 is 14.8 Å². The van der Waals surface area contributed by atoms with Crippen molar-refractivity contribution in [1.82, 2.24) is 10.2 Å². The summed E-state index contributed by atoms with van der Waals surface area (Å²) in [6, 6.07) is 10.8. The first-order valence-electron chi connectivity index (χ1n) is 10.0. The Balaban J connectivity index is 1.91. The Labute approximate surface area is 181 Å². The summed E-state index contributed by atoms with van der Waals surface area (Å²) in [5.41, 5.74) is 1.17. The van der Waals surface area contributed by atoms with E-state index in [1.807, 2.05) is 6.07 Å². The van der Waals surface area contributed by atoms with Gasteiger partial charge in [-0.05, 0) is 42.5 Å². The quantitative estimate of drug-likeness (QED) is 0.651. The zero-order chi connectivity index (χ0) is 22.4. The van der Waals surface area contributed by atoms with Crippen LogP contribution in [0.15, 0.2) is 42.5 Å². The number of ether oxygens (including phenoxy) is 3. The van der Waals surface area contributed by atoms with Crippen molar-refractivity contribution in [3.63, 3.8) is 0 Å². The monoisotopic (exact) mass is 430 g/mol. The van der Waals surface area contributed by atoms with Crippen LogP contribution >= 0.6 is 0 Å². The van der Waals surface area contributed by atoms with Crippen LogP contribution in [0.5, 0.6) is 11.5 Å². The first kappa shape index (κ1) is 22.6. The molecule has 0 saturated carbocycles. The molecular formula is C23H27FN2O5. The number of halogens is 1. The molecule has 1 N–H and O–H groups in total. The van der Waals surface area contributed by atoms with Crippen molar-refractivity contribution >= 4 is 11.8 Å². The summed E-state index contributed by atoms with van der Waals surface area (Å²) in [5, 5.41) is 2.87. The van der Waals surface area contributed by atoms with Crippen LogP contribution in [0.1, 0.15) is 21.8 Å². The summed E-state index contributed by atoms with van der Waals surface area (Å²) in [6.45, 7) is 1.33. The third-order valence-corrected chi connectivity index (χ3v) is 5.48. The molecule has 7 nitrogen and oxygen atoms in total. The average molecular weight is 430 g/mol. The molecule has 0 bridgehead atoms. The summed E-state index contributed by atoms with van der Waals surface area (Å²) >= 11 is 0. The molecule has 1 aliphatic heterocycles. The van der Waals surface area contributed by atoms with Gasteiger partial charge in [-0.25, -0.2) is 4.39 Å². The number of rotatable bonds is 8. The number of hydrogen-bond acceptors (Lipinski definition) is 5. The van der Waals surface area contributed by atoms with Crippen LogP contribution in [0, 0.1) is 11.7 Å². The third-order valence-electron chi connectivity index (χ3n) is 5.48. The van der Waals surface area contributed by atoms with Crippen molar-refractivity contribution in [2.45, 2.75) is 5.92 Å². The minimum absolute atomic E-state index is 0.165. The fourth-order valence-electron chi connectivity index (χ4n) is 3.86. The van der Waals surface area contributed by atoms with Gasteiger partial charge in [0.15, 0.2) is 0 Å². The van der Waals surface area contributed by atoms with Gasteiger partial charge in [0.1, 0.15) is 17.3 Å². The van der Waals surface area contributed by atoms with E-state index in [0.717, 1.165) is 5.56 Å². The van der Waals surface area contributed by atoms with Gasteiger partial charge in [0.2, 0.25) is 5.91 Å². The molecule has 1 saturated heterocycles. The Morgan fingerprint density at radius 3 is 2.45 bits per heavy atom. The molecule has 2 amide bonds. The van der Waals surface area contributed by atoms with E-state index < -0.39 is 11.7 Å². The second-order valence-corrected chi connectivity index (χ2v) is 7.32. The van der Waals surface area contributed by atoms with Gasteiger partial charge < -0.3 is 24.4 Å². The molecule has 166 valence electrons. The molecule has 1 fully saturated rings. The van der Waals surface area contributed by atoms with E-state index in [4.69, 9.17) is 14.2 Å². The van der Waals surface area contributed by atoms with E-state index in [9.17, 15) is 14.0 Å². The number of methoxy groups -OCH3 is 3. The number of carbonyl (C=O) groups is 2. The van der Waals surface area contributed by atoms with Gasteiger partial charge >= 0.3 is 0 Å². The Bertz CT molecular complexity index is 919. The van der Waals surface area contributed by atoms with Gasteiger partial charge in [0.05, 0.1) is 26.7 Å². The summed E-state index contributed by atoms with van der Waals surface area (Å²) in [5.74, 6) is -0.346. The number of amides is 2. The predicted octanol–water partition coefficient (Wildman–Crippen LogP) is 2.46. The number of nitrogens with one attached hydrogen (secondary N) is 1. The fourth-order valence-corrected chi connectivity index (χ4v) is 3.86. The minimum atomic E-state index is -0.484. The van der Waals surface area contributed by atoms with E-state index >= 15 is 0 Å². The van der Waals surface area contributed by atoms with Crippen LogP contribution in [0.4, 0.5) is 4.39 Å². The maximum Gasteiger partial charge on any atom is 0.253 e. The molecule has 2 aromatic carbocycles. The van der Waals surface area contributed by atoms with Gasteiger partial charge in [-0.15, -0.1) is 0 Å². The molecule has 0 unspecified atom stereocenters. The van der Waals surface area contributed by atoms with Gasteiger partial charge in [0, 0.05) is 43.8 Å². The van der Waals surface area contributed by atoms with E-state index in [1.54, 1.807) is 38.4 Å². The lowest BCUT2D eigenvalue weighted by molar-refractivity contribution is -0.125.